The lowest BCUT2D eigenvalue weighted by Gasteiger charge is -2.22. The molecule has 0 aliphatic carbocycles. The van der Waals surface area contributed by atoms with Gasteiger partial charge < -0.3 is 15.4 Å². The fourth-order valence-electron chi connectivity index (χ4n) is 1.81. The highest BCUT2D eigenvalue weighted by atomic mass is 16.5. The summed E-state index contributed by atoms with van der Waals surface area (Å²) in [5.41, 5.74) is 0.489. The minimum Gasteiger partial charge on any atom is -0.381 e. The Hall–Kier alpha value is -1.69. The summed E-state index contributed by atoms with van der Waals surface area (Å²) in [7, 11) is 0. The molecule has 0 aromatic carbocycles. The topological polar surface area (TPSA) is 76.1 Å². The van der Waals surface area contributed by atoms with Crippen molar-refractivity contribution in [3.63, 3.8) is 0 Å². The summed E-state index contributed by atoms with van der Waals surface area (Å²) in [6.07, 6.45) is 4.81. The van der Waals surface area contributed by atoms with E-state index in [1.54, 1.807) is 12.4 Å². The van der Waals surface area contributed by atoms with Gasteiger partial charge in [-0.1, -0.05) is 0 Å². The first-order chi connectivity index (χ1) is 8.79. The number of nitrogens with one attached hydrogen (secondary N) is 2. The van der Waals surface area contributed by atoms with Crippen LogP contribution in [0.4, 0.5) is 5.95 Å². The van der Waals surface area contributed by atoms with Crippen LogP contribution in [0, 0.1) is 0 Å². The van der Waals surface area contributed by atoms with Crippen molar-refractivity contribution in [2.75, 3.05) is 25.1 Å². The van der Waals surface area contributed by atoms with Gasteiger partial charge in [-0.25, -0.2) is 9.97 Å². The summed E-state index contributed by atoms with van der Waals surface area (Å²) >= 11 is 0. The molecule has 1 aliphatic heterocycles. The van der Waals surface area contributed by atoms with E-state index in [9.17, 15) is 4.79 Å². The number of aromatic nitrogens is 2. The number of amides is 1. The third-order valence-corrected chi connectivity index (χ3v) is 2.81. The van der Waals surface area contributed by atoms with Crippen LogP contribution in [0.2, 0.25) is 0 Å². The SMILES string of the molecule is CCNc1ncc(C(=O)NC2CCOCC2)cn1. The monoisotopic (exact) mass is 250 g/mol. The highest BCUT2D eigenvalue weighted by Crippen LogP contribution is 2.08. The number of hydrogen-bond donors (Lipinski definition) is 2. The van der Waals surface area contributed by atoms with Crippen LogP contribution < -0.4 is 10.6 Å². The zero-order valence-corrected chi connectivity index (χ0v) is 10.5. The van der Waals surface area contributed by atoms with Gasteiger partial charge in [-0.2, -0.15) is 0 Å². The van der Waals surface area contributed by atoms with Gasteiger partial charge in [-0.05, 0) is 19.8 Å². The summed E-state index contributed by atoms with van der Waals surface area (Å²) < 4.78 is 5.25. The molecular formula is C12H18N4O2. The molecule has 18 heavy (non-hydrogen) atoms. The summed E-state index contributed by atoms with van der Waals surface area (Å²) in [6, 6.07) is 0.194. The third kappa shape index (κ3) is 3.40. The van der Waals surface area contributed by atoms with E-state index in [2.05, 4.69) is 20.6 Å². The quantitative estimate of drug-likeness (QED) is 0.827. The first-order valence-electron chi connectivity index (χ1n) is 6.24. The number of carbonyl (C=O) groups is 1. The van der Waals surface area contributed by atoms with E-state index in [0.29, 0.717) is 24.7 Å². The van der Waals surface area contributed by atoms with Crippen LogP contribution >= 0.6 is 0 Å². The second kappa shape index (κ2) is 6.30. The predicted molar refractivity (Wildman–Crippen MR) is 67.5 cm³/mol. The zero-order valence-electron chi connectivity index (χ0n) is 10.5. The Kier molecular flexibility index (Phi) is 4.46. The van der Waals surface area contributed by atoms with Crippen molar-refractivity contribution in [1.29, 1.82) is 0 Å². The van der Waals surface area contributed by atoms with Gasteiger partial charge in [0.2, 0.25) is 5.95 Å². The van der Waals surface area contributed by atoms with Crippen molar-refractivity contribution in [3.8, 4) is 0 Å². The minimum absolute atomic E-state index is 0.120. The van der Waals surface area contributed by atoms with Crippen LogP contribution in [0.25, 0.3) is 0 Å². The average Bonchev–Trinajstić information content (AvgIpc) is 2.41. The second-order valence-electron chi connectivity index (χ2n) is 4.19. The lowest BCUT2D eigenvalue weighted by Crippen LogP contribution is -2.39. The van der Waals surface area contributed by atoms with Crippen LogP contribution in [0.15, 0.2) is 12.4 Å². The van der Waals surface area contributed by atoms with E-state index in [1.165, 1.54) is 0 Å². The Bertz CT molecular complexity index is 388. The van der Waals surface area contributed by atoms with Crippen LogP contribution in [-0.4, -0.2) is 41.7 Å². The van der Waals surface area contributed by atoms with Gasteiger partial charge in [0.05, 0.1) is 5.56 Å². The van der Waals surface area contributed by atoms with Crippen LogP contribution in [0.3, 0.4) is 0 Å². The molecule has 2 N–H and O–H groups in total. The molecule has 0 atom stereocenters. The Morgan fingerprint density at radius 2 is 2.06 bits per heavy atom. The molecule has 2 heterocycles. The van der Waals surface area contributed by atoms with Gasteiger partial charge in [0.15, 0.2) is 0 Å². The molecule has 1 aliphatic rings. The molecule has 0 bridgehead atoms. The Morgan fingerprint density at radius 1 is 1.39 bits per heavy atom. The molecule has 0 unspecified atom stereocenters. The number of nitrogens with zero attached hydrogens (tertiary/aromatic N) is 2. The lowest BCUT2D eigenvalue weighted by atomic mass is 10.1. The molecule has 1 fully saturated rings. The van der Waals surface area contributed by atoms with Crippen LogP contribution in [0.1, 0.15) is 30.1 Å². The molecule has 0 radical (unpaired) electrons. The van der Waals surface area contributed by atoms with Crippen molar-refractivity contribution in [1.82, 2.24) is 15.3 Å². The normalized spacial score (nSPS) is 16.3. The van der Waals surface area contributed by atoms with E-state index >= 15 is 0 Å². The van der Waals surface area contributed by atoms with Crippen molar-refractivity contribution in [2.24, 2.45) is 0 Å². The fourth-order valence-corrected chi connectivity index (χ4v) is 1.81. The second-order valence-corrected chi connectivity index (χ2v) is 4.19. The maximum absolute atomic E-state index is 11.9. The van der Waals surface area contributed by atoms with E-state index in [-0.39, 0.29) is 11.9 Å². The first-order valence-corrected chi connectivity index (χ1v) is 6.24. The van der Waals surface area contributed by atoms with Gasteiger partial charge in [0.1, 0.15) is 0 Å². The van der Waals surface area contributed by atoms with Gasteiger partial charge >= 0.3 is 0 Å². The summed E-state index contributed by atoms with van der Waals surface area (Å²) in [6.45, 7) is 4.14. The molecule has 1 aromatic heterocycles. The number of ether oxygens (including phenoxy) is 1. The molecule has 6 heteroatoms. The average molecular weight is 250 g/mol. The first kappa shape index (κ1) is 12.8. The molecule has 1 aromatic rings. The van der Waals surface area contributed by atoms with Crippen molar-refractivity contribution >= 4 is 11.9 Å². The van der Waals surface area contributed by atoms with Gasteiger partial charge in [0.25, 0.3) is 5.91 Å². The largest absolute Gasteiger partial charge is 0.381 e. The Balaban J connectivity index is 1.91. The molecule has 1 amide bonds. The maximum atomic E-state index is 11.9. The lowest BCUT2D eigenvalue weighted by molar-refractivity contribution is 0.0696. The summed E-state index contributed by atoms with van der Waals surface area (Å²) in [5, 5.41) is 5.95. The molecule has 6 nitrogen and oxygen atoms in total. The predicted octanol–water partition coefficient (Wildman–Crippen LogP) is 0.817. The van der Waals surface area contributed by atoms with E-state index in [4.69, 9.17) is 4.74 Å². The Labute approximate surface area is 106 Å². The van der Waals surface area contributed by atoms with Gasteiger partial charge in [-0.15, -0.1) is 0 Å². The van der Waals surface area contributed by atoms with Gasteiger partial charge in [-0.3, -0.25) is 4.79 Å². The standard InChI is InChI=1S/C12H18N4O2/c1-2-13-12-14-7-9(8-15-12)11(17)16-10-3-5-18-6-4-10/h7-8,10H,2-6H2,1H3,(H,16,17)(H,13,14,15). The molecule has 0 spiro atoms. The van der Waals surface area contributed by atoms with E-state index in [1.807, 2.05) is 6.92 Å². The van der Waals surface area contributed by atoms with Crippen molar-refractivity contribution in [2.45, 2.75) is 25.8 Å². The number of anilines is 1. The third-order valence-electron chi connectivity index (χ3n) is 2.81. The highest BCUT2D eigenvalue weighted by molar-refractivity contribution is 5.93. The number of hydrogen-bond acceptors (Lipinski definition) is 5. The van der Waals surface area contributed by atoms with Crippen LogP contribution in [0.5, 0.6) is 0 Å². The summed E-state index contributed by atoms with van der Waals surface area (Å²) in [5.74, 6) is 0.421. The fraction of sp³-hybridized carbons (Fsp3) is 0.583. The Morgan fingerprint density at radius 3 is 2.67 bits per heavy atom. The molecule has 1 saturated heterocycles. The van der Waals surface area contributed by atoms with E-state index in [0.717, 1.165) is 19.4 Å². The van der Waals surface area contributed by atoms with E-state index < -0.39 is 0 Å². The molecular weight excluding hydrogens is 232 g/mol. The van der Waals surface area contributed by atoms with Crippen LogP contribution in [-0.2, 0) is 4.74 Å². The maximum Gasteiger partial charge on any atom is 0.254 e. The zero-order chi connectivity index (χ0) is 12.8. The van der Waals surface area contributed by atoms with Gasteiger partial charge in [0, 0.05) is 38.2 Å². The molecule has 2 rings (SSSR count). The highest BCUT2D eigenvalue weighted by Gasteiger charge is 2.17. The molecule has 0 saturated carbocycles. The number of carbonyl (C=O) groups excluding carboxylic acids is 1. The number of rotatable bonds is 4. The van der Waals surface area contributed by atoms with Crippen molar-refractivity contribution < 1.29 is 9.53 Å². The minimum atomic E-state index is -0.120. The smallest absolute Gasteiger partial charge is 0.254 e. The van der Waals surface area contributed by atoms with Crippen molar-refractivity contribution in [3.05, 3.63) is 18.0 Å². The molecule has 98 valence electrons. The summed E-state index contributed by atoms with van der Waals surface area (Å²) in [4.78, 5) is 20.1.